The van der Waals surface area contributed by atoms with Gasteiger partial charge in [0, 0.05) is 0 Å². The Morgan fingerprint density at radius 2 is 1.23 bits per heavy atom. The molecule has 0 spiro atoms. The van der Waals surface area contributed by atoms with Crippen LogP contribution in [0.5, 0.6) is 0 Å². The van der Waals surface area contributed by atoms with E-state index in [1.807, 2.05) is 0 Å². The van der Waals surface area contributed by atoms with E-state index in [9.17, 15) is 0 Å². The molecule has 0 heterocycles. The molecule has 0 aromatic heterocycles. The van der Waals surface area contributed by atoms with Gasteiger partial charge in [-0.1, -0.05) is 59.3 Å². The molecule has 0 saturated heterocycles. The van der Waals surface area contributed by atoms with Crippen molar-refractivity contribution in [2.45, 2.75) is 78.6 Å². The van der Waals surface area contributed by atoms with Crippen molar-refractivity contribution in [3.63, 3.8) is 0 Å². The second-order valence-electron chi connectivity index (χ2n) is 3.97. The summed E-state index contributed by atoms with van der Waals surface area (Å²) < 4.78 is 0. The molecular weight excluding hydrogens is 156 g/mol. The summed E-state index contributed by atoms with van der Waals surface area (Å²) in [7, 11) is 0. The molecular formula is C13H27. The van der Waals surface area contributed by atoms with E-state index in [-0.39, 0.29) is 0 Å². The lowest BCUT2D eigenvalue weighted by molar-refractivity contribution is 0.575. The topological polar surface area (TPSA) is 0 Å². The first kappa shape index (κ1) is 13.0. The van der Waals surface area contributed by atoms with Crippen LogP contribution in [0, 0.1) is 5.92 Å². The SMILES string of the molecule is CCCCCCCC[C](CC)CC. The zero-order chi connectivity index (χ0) is 9.94. The van der Waals surface area contributed by atoms with Crippen molar-refractivity contribution in [1.82, 2.24) is 0 Å². The van der Waals surface area contributed by atoms with E-state index < -0.39 is 0 Å². The fourth-order valence-corrected chi connectivity index (χ4v) is 1.76. The Labute approximate surface area is 85.1 Å². The van der Waals surface area contributed by atoms with Crippen LogP contribution in [0.1, 0.15) is 78.6 Å². The third kappa shape index (κ3) is 8.33. The minimum Gasteiger partial charge on any atom is -0.0654 e. The minimum atomic E-state index is 1.30. The summed E-state index contributed by atoms with van der Waals surface area (Å²) in [4.78, 5) is 0. The highest BCUT2D eigenvalue weighted by atomic mass is 14.1. The number of hydrogen-bond donors (Lipinski definition) is 0. The predicted molar refractivity (Wildman–Crippen MR) is 61.8 cm³/mol. The summed E-state index contributed by atoms with van der Waals surface area (Å²) in [6.45, 7) is 6.85. The molecule has 0 N–H and O–H groups in total. The zero-order valence-corrected chi connectivity index (χ0v) is 9.86. The average Bonchev–Trinajstić information content (AvgIpc) is 2.17. The van der Waals surface area contributed by atoms with Crippen LogP contribution in [0.4, 0.5) is 0 Å². The molecule has 0 aliphatic rings. The lowest BCUT2D eigenvalue weighted by atomic mass is 9.96. The van der Waals surface area contributed by atoms with Gasteiger partial charge in [0.25, 0.3) is 0 Å². The van der Waals surface area contributed by atoms with Crippen LogP contribution in [-0.4, -0.2) is 0 Å². The normalized spacial score (nSPS) is 11.1. The van der Waals surface area contributed by atoms with Crippen molar-refractivity contribution in [2.24, 2.45) is 0 Å². The molecule has 0 unspecified atom stereocenters. The smallest absolute Gasteiger partial charge is 0.0246 e. The van der Waals surface area contributed by atoms with E-state index in [1.165, 1.54) is 57.8 Å². The van der Waals surface area contributed by atoms with Crippen LogP contribution in [-0.2, 0) is 0 Å². The molecule has 79 valence electrons. The average molecular weight is 183 g/mol. The van der Waals surface area contributed by atoms with Gasteiger partial charge in [-0.25, -0.2) is 0 Å². The summed E-state index contributed by atoms with van der Waals surface area (Å²) in [6, 6.07) is 0. The van der Waals surface area contributed by atoms with Crippen molar-refractivity contribution >= 4 is 0 Å². The van der Waals surface area contributed by atoms with Crippen molar-refractivity contribution in [3.05, 3.63) is 5.92 Å². The van der Waals surface area contributed by atoms with Gasteiger partial charge in [-0.2, -0.15) is 0 Å². The third-order valence-corrected chi connectivity index (χ3v) is 2.88. The van der Waals surface area contributed by atoms with Gasteiger partial charge >= 0.3 is 0 Å². The molecule has 0 aliphatic carbocycles. The molecule has 0 aliphatic heterocycles. The van der Waals surface area contributed by atoms with Crippen LogP contribution < -0.4 is 0 Å². The van der Waals surface area contributed by atoms with Crippen molar-refractivity contribution < 1.29 is 0 Å². The van der Waals surface area contributed by atoms with Gasteiger partial charge in [-0.05, 0) is 25.2 Å². The maximum atomic E-state index is 2.29. The van der Waals surface area contributed by atoms with Crippen LogP contribution >= 0.6 is 0 Å². The molecule has 0 aromatic rings. The minimum absolute atomic E-state index is 1.30. The van der Waals surface area contributed by atoms with Crippen LogP contribution in [0.3, 0.4) is 0 Å². The summed E-state index contributed by atoms with van der Waals surface area (Å²) in [5.74, 6) is 1.76. The highest BCUT2D eigenvalue weighted by Gasteiger charge is 2.02. The van der Waals surface area contributed by atoms with E-state index in [0.717, 1.165) is 0 Å². The quantitative estimate of drug-likeness (QED) is 0.435. The summed E-state index contributed by atoms with van der Waals surface area (Å²) in [5, 5.41) is 0. The maximum absolute atomic E-state index is 2.29. The first-order valence-electron chi connectivity index (χ1n) is 6.18. The summed E-state index contributed by atoms with van der Waals surface area (Å²) in [5.41, 5.74) is 0. The van der Waals surface area contributed by atoms with Gasteiger partial charge in [0.15, 0.2) is 0 Å². The molecule has 0 rings (SSSR count). The fourth-order valence-electron chi connectivity index (χ4n) is 1.76. The van der Waals surface area contributed by atoms with E-state index in [0.29, 0.717) is 0 Å². The van der Waals surface area contributed by atoms with Gasteiger partial charge in [0.1, 0.15) is 0 Å². The molecule has 0 atom stereocenters. The second kappa shape index (κ2) is 10.1. The largest absolute Gasteiger partial charge is 0.0654 e. The Kier molecular flexibility index (Phi) is 10.1. The first-order chi connectivity index (χ1) is 6.35. The van der Waals surface area contributed by atoms with E-state index >= 15 is 0 Å². The standard InChI is InChI=1S/C13H27/c1-4-7-8-9-10-11-12-13(5-2)6-3/h4-12H2,1-3H3. The lowest BCUT2D eigenvalue weighted by Crippen LogP contribution is -1.93. The Morgan fingerprint density at radius 3 is 1.77 bits per heavy atom. The van der Waals surface area contributed by atoms with Crippen molar-refractivity contribution in [3.8, 4) is 0 Å². The van der Waals surface area contributed by atoms with Crippen molar-refractivity contribution in [1.29, 1.82) is 0 Å². The monoisotopic (exact) mass is 183 g/mol. The molecule has 0 nitrogen and oxygen atoms in total. The third-order valence-electron chi connectivity index (χ3n) is 2.88. The maximum Gasteiger partial charge on any atom is -0.0246 e. The van der Waals surface area contributed by atoms with Crippen LogP contribution in [0.25, 0.3) is 0 Å². The molecule has 0 amide bonds. The fraction of sp³-hybridized carbons (Fsp3) is 0.923. The van der Waals surface area contributed by atoms with E-state index in [4.69, 9.17) is 0 Å². The number of rotatable bonds is 9. The predicted octanol–water partition coefficient (Wildman–Crippen LogP) is 5.13. The molecule has 13 heavy (non-hydrogen) atoms. The van der Waals surface area contributed by atoms with E-state index in [1.54, 1.807) is 5.92 Å². The molecule has 0 bridgehead atoms. The van der Waals surface area contributed by atoms with Gasteiger partial charge in [0.2, 0.25) is 0 Å². The Balaban J connectivity index is 3.05. The second-order valence-corrected chi connectivity index (χ2v) is 3.97. The lowest BCUT2D eigenvalue weighted by Gasteiger charge is -2.10. The molecule has 0 fully saturated rings. The van der Waals surface area contributed by atoms with Crippen LogP contribution in [0.2, 0.25) is 0 Å². The van der Waals surface area contributed by atoms with Gasteiger partial charge in [-0.15, -0.1) is 0 Å². The van der Waals surface area contributed by atoms with Gasteiger partial charge < -0.3 is 0 Å². The van der Waals surface area contributed by atoms with Crippen LogP contribution in [0.15, 0.2) is 0 Å². The first-order valence-corrected chi connectivity index (χ1v) is 6.18. The van der Waals surface area contributed by atoms with Crippen molar-refractivity contribution in [2.75, 3.05) is 0 Å². The molecule has 0 aromatic carbocycles. The molecule has 0 heteroatoms. The van der Waals surface area contributed by atoms with Gasteiger partial charge in [-0.3, -0.25) is 0 Å². The van der Waals surface area contributed by atoms with Gasteiger partial charge in [0.05, 0.1) is 0 Å². The highest BCUT2D eigenvalue weighted by molar-refractivity contribution is 4.85. The summed E-state index contributed by atoms with van der Waals surface area (Å²) >= 11 is 0. The summed E-state index contributed by atoms with van der Waals surface area (Å²) in [6.07, 6.45) is 12.6. The Morgan fingerprint density at radius 1 is 0.692 bits per heavy atom. The zero-order valence-electron chi connectivity index (χ0n) is 9.86. The highest BCUT2D eigenvalue weighted by Crippen LogP contribution is 2.19. The molecule has 0 saturated carbocycles. The number of unbranched alkanes of at least 4 members (excludes halogenated alkanes) is 5. The number of hydrogen-bond acceptors (Lipinski definition) is 0. The van der Waals surface area contributed by atoms with E-state index in [2.05, 4.69) is 20.8 Å². The molecule has 1 radical (unpaired) electrons. The Bertz CT molecular complexity index is 82.0. The Hall–Kier alpha value is 0.